The van der Waals surface area contributed by atoms with Gasteiger partial charge in [-0.3, -0.25) is 19.3 Å². The normalized spacial score (nSPS) is 19.0. The highest BCUT2D eigenvalue weighted by molar-refractivity contribution is 8.01. The topological polar surface area (TPSA) is 165 Å². The van der Waals surface area contributed by atoms with Crippen LogP contribution in [0.2, 0.25) is 0 Å². The first-order valence-electron chi connectivity index (χ1n) is 11.3. The molecule has 1 aromatic carbocycles. The molecule has 0 bridgehead atoms. The molecule has 12 nitrogen and oxygen atoms in total. The summed E-state index contributed by atoms with van der Waals surface area (Å²) in [7, 11) is 0. The van der Waals surface area contributed by atoms with E-state index in [9.17, 15) is 29.1 Å². The number of aliphatic carboxylic acids is 1. The van der Waals surface area contributed by atoms with Crippen LogP contribution in [0.3, 0.4) is 0 Å². The average molecular weight is 613 g/mol. The fourth-order valence-electron chi connectivity index (χ4n) is 3.80. The summed E-state index contributed by atoms with van der Waals surface area (Å²) in [4.78, 5) is 62.1. The van der Waals surface area contributed by atoms with E-state index in [0.29, 0.717) is 27.0 Å². The Morgan fingerprint density at radius 1 is 1.26 bits per heavy atom. The lowest BCUT2D eigenvalue weighted by Crippen LogP contribution is -2.70. The van der Waals surface area contributed by atoms with Crippen LogP contribution >= 0.6 is 46.5 Å². The molecular formula is C23H21ClN4O8S3. The lowest BCUT2D eigenvalue weighted by atomic mass is 10.0. The number of amides is 2. The molecule has 2 aliphatic heterocycles. The maximum atomic E-state index is 12.9. The summed E-state index contributed by atoms with van der Waals surface area (Å²) < 4.78 is 10.5. The zero-order chi connectivity index (χ0) is 28.1. The summed E-state index contributed by atoms with van der Waals surface area (Å²) in [5, 5.41) is 19.6. The van der Waals surface area contributed by atoms with E-state index in [0.717, 1.165) is 0 Å². The fourth-order valence-corrected chi connectivity index (χ4v) is 6.83. The van der Waals surface area contributed by atoms with Gasteiger partial charge in [0.05, 0.1) is 12.0 Å². The molecule has 16 heteroatoms. The molecule has 1 aromatic heterocycles. The molecule has 2 aromatic rings. The number of carbonyl (C=O) groups excluding carboxylic acids is 4. The Morgan fingerprint density at radius 2 is 2.00 bits per heavy atom. The third kappa shape index (κ3) is 6.90. The van der Waals surface area contributed by atoms with Gasteiger partial charge in [0, 0.05) is 18.4 Å². The van der Waals surface area contributed by atoms with Crippen molar-refractivity contribution in [2.75, 3.05) is 17.4 Å². The third-order valence-corrected chi connectivity index (χ3v) is 9.01. The number of benzene rings is 1. The van der Waals surface area contributed by atoms with Crippen molar-refractivity contribution in [1.82, 2.24) is 20.4 Å². The van der Waals surface area contributed by atoms with E-state index in [4.69, 9.17) is 21.1 Å². The Balaban J connectivity index is 1.31. The molecule has 0 spiro atoms. The standard InChI is InChI=1S/C23H21ClN4O8S3/c1-11(35-16(30)7-24)36-22(34)13-4-2-12(3-5-13)6-15(29)26-17-19(31)28-18(21(32)33)14(8-37-20(17)28)9-38-23-27-25-10-39-23/h2-5,10-11,17,20H,6-9H2,1H3,(H,26,29)(H,32,33)/t11?,17?,20-/m0/s1. The molecule has 2 amide bonds. The van der Waals surface area contributed by atoms with Crippen molar-refractivity contribution in [3.63, 3.8) is 0 Å². The fraction of sp³-hybridized carbons (Fsp3) is 0.348. The molecule has 2 N–H and O–H groups in total. The minimum atomic E-state index is -1.20. The smallest absolute Gasteiger partial charge is 0.352 e. The van der Waals surface area contributed by atoms with E-state index in [-0.39, 0.29) is 23.6 Å². The SMILES string of the molecule is CC(OC(=O)CCl)OC(=O)c1ccc(CC(=O)NC2C(=O)N3C(C(=O)O)=C(CSc4nncs4)CS[C@@H]23)cc1. The summed E-state index contributed by atoms with van der Waals surface area (Å²) in [6.07, 6.45) is -1.18. The van der Waals surface area contributed by atoms with Gasteiger partial charge in [0.15, 0.2) is 4.34 Å². The van der Waals surface area contributed by atoms with E-state index < -0.39 is 47.4 Å². The number of carbonyl (C=O) groups is 5. The minimum Gasteiger partial charge on any atom is -0.477 e. The maximum Gasteiger partial charge on any atom is 0.352 e. The predicted octanol–water partition coefficient (Wildman–Crippen LogP) is 1.90. The van der Waals surface area contributed by atoms with Crippen molar-refractivity contribution in [2.24, 2.45) is 0 Å². The number of fused-ring (bicyclic) bond motifs is 1. The number of thioether (sulfide) groups is 2. The lowest BCUT2D eigenvalue weighted by molar-refractivity contribution is -0.162. The molecule has 2 aliphatic rings. The highest BCUT2D eigenvalue weighted by Crippen LogP contribution is 2.41. The van der Waals surface area contributed by atoms with Crippen LogP contribution in [0.4, 0.5) is 0 Å². The van der Waals surface area contributed by atoms with Gasteiger partial charge < -0.3 is 19.9 Å². The van der Waals surface area contributed by atoms with Crippen LogP contribution in [0, 0.1) is 0 Å². The average Bonchev–Trinajstić information content (AvgIpc) is 3.43. The van der Waals surface area contributed by atoms with Gasteiger partial charge in [0.2, 0.25) is 12.2 Å². The molecule has 3 atom stereocenters. The molecule has 206 valence electrons. The molecular weight excluding hydrogens is 592 g/mol. The third-order valence-electron chi connectivity index (χ3n) is 5.51. The van der Waals surface area contributed by atoms with Crippen molar-refractivity contribution in [3.8, 4) is 0 Å². The van der Waals surface area contributed by atoms with E-state index in [1.807, 2.05) is 0 Å². The van der Waals surface area contributed by atoms with Crippen LogP contribution in [0.25, 0.3) is 0 Å². The largest absolute Gasteiger partial charge is 0.477 e. The number of carboxylic acid groups (broad SMARTS) is 1. The molecule has 4 rings (SSSR count). The molecule has 1 saturated heterocycles. The monoisotopic (exact) mass is 612 g/mol. The van der Waals surface area contributed by atoms with Crippen molar-refractivity contribution in [1.29, 1.82) is 0 Å². The van der Waals surface area contributed by atoms with E-state index in [1.54, 1.807) is 17.6 Å². The number of hydrogen-bond donors (Lipinski definition) is 2. The number of nitrogens with one attached hydrogen (secondary N) is 1. The van der Waals surface area contributed by atoms with Gasteiger partial charge in [-0.25, -0.2) is 9.59 Å². The number of rotatable bonds is 11. The van der Waals surface area contributed by atoms with Crippen LogP contribution in [0.15, 0.2) is 45.4 Å². The molecule has 1 fully saturated rings. The first kappa shape index (κ1) is 28.9. The number of aromatic nitrogens is 2. The second-order valence-electron chi connectivity index (χ2n) is 8.18. The molecule has 0 radical (unpaired) electrons. The second-order valence-corrected chi connectivity index (χ2v) is 11.6. The van der Waals surface area contributed by atoms with Crippen LogP contribution in [0.5, 0.6) is 0 Å². The van der Waals surface area contributed by atoms with Crippen LogP contribution in [0.1, 0.15) is 22.8 Å². The number of nitrogens with zero attached hydrogens (tertiary/aromatic N) is 3. The number of esters is 2. The Labute approximate surface area is 239 Å². The molecule has 2 unspecified atom stereocenters. The second kappa shape index (κ2) is 12.8. The highest BCUT2D eigenvalue weighted by atomic mass is 35.5. The zero-order valence-corrected chi connectivity index (χ0v) is 23.4. The van der Waals surface area contributed by atoms with Gasteiger partial charge in [0.25, 0.3) is 5.91 Å². The van der Waals surface area contributed by atoms with Gasteiger partial charge in [-0.05, 0) is 23.3 Å². The number of carboxylic acids is 1. The number of halogens is 1. The zero-order valence-electron chi connectivity index (χ0n) is 20.2. The van der Waals surface area contributed by atoms with Crippen LogP contribution < -0.4 is 5.32 Å². The number of hydrogen-bond acceptors (Lipinski definition) is 12. The first-order valence-corrected chi connectivity index (χ1v) is 14.8. The number of ether oxygens (including phenoxy) is 2. The van der Waals surface area contributed by atoms with Crippen molar-refractivity contribution < 1.29 is 38.6 Å². The molecule has 3 heterocycles. The van der Waals surface area contributed by atoms with E-state index in [2.05, 4.69) is 15.5 Å². The van der Waals surface area contributed by atoms with Gasteiger partial charge in [-0.15, -0.1) is 33.6 Å². The summed E-state index contributed by atoms with van der Waals surface area (Å²) in [6, 6.07) is 5.19. The Bertz CT molecular complexity index is 1300. The van der Waals surface area contributed by atoms with Crippen molar-refractivity contribution >= 4 is 76.2 Å². The van der Waals surface area contributed by atoms with Gasteiger partial charge in [-0.1, -0.05) is 35.2 Å². The quantitative estimate of drug-likeness (QED) is 0.125. The van der Waals surface area contributed by atoms with E-state index >= 15 is 0 Å². The first-order chi connectivity index (χ1) is 18.7. The maximum absolute atomic E-state index is 12.9. The van der Waals surface area contributed by atoms with Gasteiger partial charge in [0.1, 0.15) is 28.5 Å². The summed E-state index contributed by atoms with van der Waals surface area (Å²) in [5.74, 6) is -3.17. The van der Waals surface area contributed by atoms with Crippen LogP contribution in [-0.4, -0.2) is 85.0 Å². The minimum absolute atomic E-state index is 0.0551. The van der Waals surface area contributed by atoms with Crippen molar-refractivity contribution in [2.45, 2.75) is 35.4 Å². The Hall–Kier alpha value is -3.14. The van der Waals surface area contributed by atoms with Gasteiger partial charge >= 0.3 is 17.9 Å². The Morgan fingerprint density at radius 3 is 2.64 bits per heavy atom. The molecule has 39 heavy (non-hydrogen) atoms. The molecule has 0 saturated carbocycles. The van der Waals surface area contributed by atoms with Gasteiger partial charge in [-0.2, -0.15) is 0 Å². The Kier molecular flexibility index (Phi) is 9.48. The van der Waals surface area contributed by atoms with E-state index in [1.165, 1.54) is 58.8 Å². The predicted molar refractivity (Wildman–Crippen MR) is 142 cm³/mol. The summed E-state index contributed by atoms with van der Waals surface area (Å²) >= 11 is 9.43. The highest BCUT2D eigenvalue weighted by Gasteiger charge is 2.54. The summed E-state index contributed by atoms with van der Waals surface area (Å²) in [5.41, 5.74) is 2.89. The molecule has 0 aliphatic carbocycles. The lowest BCUT2D eigenvalue weighted by Gasteiger charge is -2.49. The number of β-lactam (4-membered cyclic amide) rings is 1. The van der Waals surface area contributed by atoms with Crippen LogP contribution in [-0.2, 0) is 35.1 Å². The summed E-state index contributed by atoms with van der Waals surface area (Å²) in [6.45, 7) is 1.38. The van der Waals surface area contributed by atoms with Crippen molar-refractivity contribution in [3.05, 3.63) is 52.2 Å². The number of alkyl halides is 1.